The van der Waals surface area contributed by atoms with Gasteiger partial charge in [0.1, 0.15) is 0 Å². The summed E-state index contributed by atoms with van der Waals surface area (Å²) in [6, 6.07) is 43.1. The minimum Gasteiger partial charge on any atom is -0.105 e. The number of rotatable bonds is 4. The molecule has 0 N–H and O–H groups in total. The maximum absolute atomic E-state index is 2.43. The summed E-state index contributed by atoms with van der Waals surface area (Å²) >= 11 is 1.92. The van der Waals surface area contributed by atoms with E-state index in [-0.39, 0.29) is 4.75 Å². The number of hydrogen-bond acceptors (Lipinski definition) is 1. The molecule has 5 rings (SSSR count). The smallest absolute Gasteiger partial charge is 0.0894 e. The fraction of sp³-hybridized carbons (Fsp3) is 0.0345. The average Bonchev–Trinajstić information content (AvgIpc) is 2.86. The van der Waals surface area contributed by atoms with Crippen molar-refractivity contribution in [2.45, 2.75) is 4.75 Å². The predicted molar refractivity (Wildman–Crippen MR) is 130 cm³/mol. The second kappa shape index (κ2) is 8.22. The lowest BCUT2D eigenvalue weighted by Crippen LogP contribution is -2.23. The molecule has 1 heterocycles. The molecule has 0 bridgehead atoms. The first-order valence-electron chi connectivity index (χ1n) is 10.2. The van der Waals surface area contributed by atoms with Crippen LogP contribution in [0.2, 0.25) is 0 Å². The molecule has 30 heavy (non-hydrogen) atoms. The Morgan fingerprint density at radius 1 is 0.467 bits per heavy atom. The molecule has 0 nitrogen and oxygen atoms in total. The summed E-state index contributed by atoms with van der Waals surface area (Å²) in [6.45, 7) is 0. The van der Waals surface area contributed by atoms with Crippen LogP contribution in [-0.2, 0) is 4.75 Å². The highest BCUT2D eigenvalue weighted by atomic mass is 32.2. The van der Waals surface area contributed by atoms with Crippen molar-refractivity contribution < 1.29 is 0 Å². The normalized spacial score (nSPS) is 15.2. The molecule has 0 atom stereocenters. The van der Waals surface area contributed by atoms with E-state index in [1.165, 1.54) is 32.7 Å². The summed E-state index contributed by atoms with van der Waals surface area (Å²) in [5.74, 6) is 0. The molecule has 0 radical (unpaired) electrons. The summed E-state index contributed by atoms with van der Waals surface area (Å²) in [5, 5.41) is 0. The van der Waals surface area contributed by atoms with Crippen LogP contribution in [0.5, 0.6) is 0 Å². The first kappa shape index (κ1) is 18.7. The number of thioether (sulfide) groups is 1. The van der Waals surface area contributed by atoms with Crippen molar-refractivity contribution in [3.05, 3.63) is 156 Å². The van der Waals surface area contributed by atoms with Gasteiger partial charge in [-0.15, -0.1) is 11.8 Å². The van der Waals surface area contributed by atoms with Crippen molar-refractivity contribution in [3.63, 3.8) is 0 Å². The van der Waals surface area contributed by atoms with Gasteiger partial charge < -0.3 is 0 Å². The van der Waals surface area contributed by atoms with Crippen molar-refractivity contribution >= 4 is 22.2 Å². The summed E-state index contributed by atoms with van der Waals surface area (Å²) in [5.41, 5.74) is 6.32. The van der Waals surface area contributed by atoms with Gasteiger partial charge in [0.25, 0.3) is 0 Å². The second-order valence-electron chi connectivity index (χ2n) is 7.41. The third-order valence-corrected chi connectivity index (χ3v) is 6.97. The van der Waals surface area contributed by atoms with Gasteiger partial charge in [-0.2, -0.15) is 0 Å². The molecule has 0 unspecified atom stereocenters. The molecule has 0 aliphatic carbocycles. The Kier molecular flexibility index (Phi) is 5.13. The lowest BCUT2D eigenvalue weighted by Gasteiger charge is -2.36. The lowest BCUT2D eigenvalue weighted by molar-refractivity contribution is 0.945. The molecule has 1 aliphatic heterocycles. The fourth-order valence-electron chi connectivity index (χ4n) is 4.00. The molecule has 144 valence electrons. The molecule has 0 spiro atoms. The zero-order chi connectivity index (χ0) is 20.2. The lowest BCUT2D eigenvalue weighted by atomic mass is 9.86. The van der Waals surface area contributed by atoms with E-state index >= 15 is 0 Å². The van der Waals surface area contributed by atoms with E-state index in [9.17, 15) is 0 Å². The number of hydrogen-bond donors (Lipinski definition) is 0. The molecule has 0 saturated heterocycles. The minimum atomic E-state index is -0.298. The van der Waals surface area contributed by atoms with Gasteiger partial charge >= 0.3 is 0 Å². The Morgan fingerprint density at radius 3 is 1.40 bits per heavy atom. The summed E-state index contributed by atoms with van der Waals surface area (Å²) in [4.78, 5) is 1.28. The van der Waals surface area contributed by atoms with Crippen molar-refractivity contribution in [3.8, 4) is 0 Å². The number of allylic oxidation sites excluding steroid dienone is 2. The Bertz CT molecular complexity index is 1130. The topological polar surface area (TPSA) is 0 Å². The summed E-state index contributed by atoms with van der Waals surface area (Å²) in [6.07, 6.45) is 4.77. The van der Waals surface area contributed by atoms with Gasteiger partial charge in [0.2, 0.25) is 0 Å². The Balaban J connectivity index is 1.78. The van der Waals surface area contributed by atoms with Gasteiger partial charge in [-0.1, -0.05) is 127 Å². The van der Waals surface area contributed by atoms with Gasteiger partial charge in [0.05, 0.1) is 4.75 Å². The van der Waals surface area contributed by atoms with Crippen molar-refractivity contribution in [2.75, 3.05) is 0 Å². The van der Waals surface area contributed by atoms with Gasteiger partial charge in [-0.05, 0) is 33.9 Å². The van der Waals surface area contributed by atoms with E-state index in [2.05, 4.69) is 133 Å². The van der Waals surface area contributed by atoms with Crippen molar-refractivity contribution in [1.82, 2.24) is 0 Å². The zero-order valence-corrected chi connectivity index (χ0v) is 17.4. The first-order valence-corrected chi connectivity index (χ1v) is 11.0. The minimum absolute atomic E-state index is 0.298. The van der Waals surface area contributed by atoms with Crippen LogP contribution < -0.4 is 0 Å². The Morgan fingerprint density at radius 2 is 0.900 bits per heavy atom. The SMILES string of the molecule is C1=C(c2ccccc2)C=C(c2ccccc2)SC1(c1ccccc1)c1ccccc1. The third kappa shape index (κ3) is 3.53. The van der Waals surface area contributed by atoms with Crippen LogP contribution in [0.1, 0.15) is 22.3 Å². The molecule has 0 saturated carbocycles. The predicted octanol–water partition coefficient (Wildman–Crippen LogP) is 7.80. The van der Waals surface area contributed by atoms with Crippen LogP contribution in [-0.4, -0.2) is 0 Å². The first-order chi connectivity index (χ1) is 14.9. The van der Waals surface area contributed by atoms with E-state index in [1.807, 2.05) is 11.8 Å². The molecule has 1 heteroatoms. The molecule has 0 fully saturated rings. The monoisotopic (exact) mass is 402 g/mol. The van der Waals surface area contributed by atoms with Crippen LogP contribution in [0.25, 0.3) is 10.5 Å². The molecule has 4 aromatic carbocycles. The second-order valence-corrected chi connectivity index (χ2v) is 8.70. The van der Waals surface area contributed by atoms with Gasteiger partial charge in [-0.3, -0.25) is 0 Å². The molecule has 4 aromatic rings. The molecule has 0 amide bonds. The average molecular weight is 403 g/mol. The number of benzene rings is 4. The molecule has 1 aliphatic rings. The van der Waals surface area contributed by atoms with Crippen LogP contribution in [0.3, 0.4) is 0 Å². The van der Waals surface area contributed by atoms with E-state index < -0.39 is 0 Å². The highest BCUT2D eigenvalue weighted by Crippen LogP contribution is 2.54. The molecular weight excluding hydrogens is 380 g/mol. The van der Waals surface area contributed by atoms with Gasteiger partial charge in [0.15, 0.2) is 0 Å². The summed E-state index contributed by atoms with van der Waals surface area (Å²) < 4.78 is -0.298. The Hall–Kier alpha value is -3.29. The molecular formula is C29H22S. The maximum Gasteiger partial charge on any atom is 0.0894 e. The summed E-state index contributed by atoms with van der Waals surface area (Å²) in [7, 11) is 0. The van der Waals surface area contributed by atoms with Gasteiger partial charge in [-0.25, -0.2) is 0 Å². The largest absolute Gasteiger partial charge is 0.105 e. The third-order valence-electron chi connectivity index (χ3n) is 5.49. The molecule has 0 aromatic heterocycles. The zero-order valence-electron chi connectivity index (χ0n) is 16.6. The van der Waals surface area contributed by atoms with E-state index in [0.717, 1.165) is 0 Å². The maximum atomic E-state index is 2.43. The quantitative estimate of drug-likeness (QED) is 0.335. The van der Waals surface area contributed by atoms with E-state index in [4.69, 9.17) is 0 Å². The fourth-order valence-corrected chi connectivity index (χ4v) is 5.48. The standard InChI is InChI=1S/C29H22S/c1-5-13-23(14-6-1)25-21-28(24-15-7-2-8-16-24)30-29(22-25,26-17-9-3-10-18-26)27-19-11-4-12-20-27/h1-22H. The Labute approximate surface area is 182 Å². The van der Waals surface area contributed by atoms with Crippen molar-refractivity contribution in [2.24, 2.45) is 0 Å². The highest BCUT2D eigenvalue weighted by Gasteiger charge is 2.37. The van der Waals surface area contributed by atoms with Crippen LogP contribution in [0.15, 0.2) is 133 Å². The van der Waals surface area contributed by atoms with E-state index in [1.54, 1.807) is 0 Å². The van der Waals surface area contributed by atoms with Crippen molar-refractivity contribution in [1.29, 1.82) is 0 Å². The van der Waals surface area contributed by atoms with Crippen LogP contribution in [0, 0.1) is 0 Å². The van der Waals surface area contributed by atoms with Crippen LogP contribution >= 0.6 is 11.8 Å². The van der Waals surface area contributed by atoms with Gasteiger partial charge in [0, 0.05) is 4.91 Å². The van der Waals surface area contributed by atoms with Crippen LogP contribution in [0.4, 0.5) is 0 Å². The highest BCUT2D eigenvalue weighted by molar-refractivity contribution is 8.09. The van der Waals surface area contributed by atoms with E-state index in [0.29, 0.717) is 0 Å².